The van der Waals surface area contributed by atoms with Crippen LogP contribution in [0.2, 0.25) is 0 Å². The molecule has 2 rings (SSSR count). The molecule has 0 atom stereocenters. The summed E-state index contributed by atoms with van der Waals surface area (Å²) in [6.07, 6.45) is -4.55. The molecule has 0 fully saturated rings. The Hall–Kier alpha value is -2.24. The second-order valence-corrected chi connectivity index (χ2v) is 4.28. The van der Waals surface area contributed by atoms with E-state index in [4.69, 9.17) is 5.73 Å². The smallest absolute Gasteiger partial charge is 0.398 e. The average molecular weight is 284 g/mol. The maximum Gasteiger partial charge on any atom is 0.418 e. The van der Waals surface area contributed by atoms with Crippen molar-refractivity contribution in [3.05, 3.63) is 53.8 Å². The third-order valence-electron chi connectivity index (χ3n) is 2.94. The van der Waals surface area contributed by atoms with Crippen LogP contribution in [0.5, 0.6) is 0 Å². The van der Waals surface area contributed by atoms with E-state index in [0.717, 1.165) is 12.1 Å². The SMILES string of the molecule is CN(c1ccc(N)c(C(F)(F)F)c1)c1ccccc1F. The van der Waals surface area contributed by atoms with Gasteiger partial charge in [-0.3, -0.25) is 0 Å². The number of benzene rings is 2. The molecule has 2 aromatic rings. The number of hydrogen-bond acceptors (Lipinski definition) is 2. The van der Waals surface area contributed by atoms with Crippen LogP contribution in [0, 0.1) is 5.82 Å². The molecule has 0 saturated heterocycles. The maximum absolute atomic E-state index is 13.7. The number of nitrogens with zero attached hydrogens (tertiary/aromatic N) is 1. The van der Waals surface area contributed by atoms with Crippen molar-refractivity contribution >= 4 is 17.1 Å². The number of nitrogen functional groups attached to an aromatic ring is 1. The van der Waals surface area contributed by atoms with Gasteiger partial charge in [-0.05, 0) is 30.3 Å². The minimum atomic E-state index is -4.55. The van der Waals surface area contributed by atoms with Crippen molar-refractivity contribution in [2.75, 3.05) is 17.7 Å². The van der Waals surface area contributed by atoms with Crippen LogP contribution < -0.4 is 10.6 Å². The highest BCUT2D eigenvalue weighted by atomic mass is 19.4. The van der Waals surface area contributed by atoms with E-state index in [9.17, 15) is 17.6 Å². The predicted molar refractivity (Wildman–Crippen MR) is 70.3 cm³/mol. The summed E-state index contributed by atoms with van der Waals surface area (Å²) in [4.78, 5) is 1.34. The van der Waals surface area contributed by atoms with Crippen LogP contribution in [0.25, 0.3) is 0 Å². The van der Waals surface area contributed by atoms with Crippen molar-refractivity contribution in [2.45, 2.75) is 6.18 Å². The van der Waals surface area contributed by atoms with Crippen LogP contribution in [0.1, 0.15) is 5.56 Å². The van der Waals surface area contributed by atoms with E-state index in [2.05, 4.69) is 0 Å². The fraction of sp³-hybridized carbons (Fsp3) is 0.143. The fourth-order valence-corrected chi connectivity index (χ4v) is 1.86. The van der Waals surface area contributed by atoms with Gasteiger partial charge in [0.1, 0.15) is 5.82 Å². The highest BCUT2D eigenvalue weighted by Crippen LogP contribution is 2.37. The van der Waals surface area contributed by atoms with Gasteiger partial charge in [0.25, 0.3) is 0 Å². The molecule has 0 heterocycles. The van der Waals surface area contributed by atoms with E-state index in [1.54, 1.807) is 6.07 Å². The molecule has 2 N–H and O–H groups in total. The van der Waals surface area contributed by atoms with Crippen LogP contribution >= 0.6 is 0 Å². The van der Waals surface area contributed by atoms with E-state index < -0.39 is 17.6 Å². The lowest BCUT2D eigenvalue weighted by Crippen LogP contribution is -2.14. The van der Waals surface area contributed by atoms with Crippen LogP contribution in [0.4, 0.5) is 34.6 Å². The lowest BCUT2D eigenvalue weighted by Gasteiger charge is -2.22. The van der Waals surface area contributed by atoms with Crippen molar-refractivity contribution in [1.82, 2.24) is 0 Å². The Kier molecular flexibility index (Phi) is 3.57. The Balaban J connectivity index is 2.46. The number of rotatable bonds is 2. The van der Waals surface area contributed by atoms with Crippen molar-refractivity contribution in [1.29, 1.82) is 0 Å². The first-order valence-corrected chi connectivity index (χ1v) is 5.75. The topological polar surface area (TPSA) is 29.3 Å². The van der Waals surface area contributed by atoms with Gasteiger partial charge in [-0.1, -0.05) is 12.1 Å². The average Bonchev–Trinajstić information content (AvgIpc) is 2.37. The highest BCUT2D eigenvalue weighted by molar-refractivity contribution is 5.67. The van der Waals surface area contributed by atoms with Gasteiger partial charge in [-0.2, -0.15) is 13.2 Å². The molecule has 0 amide bonds. The third-order valence-corrected chi connectivity index (χ3v) is 2.94. The summed E-state index contributed by atoms with van der Waals surface area (Å²) in [5.74, 6) is -0.514. The van der Waals surface area contributed by atoms with Gasteiger partial charge >= 0.3 is 6.18 Å². The molecule has 2 nitrogen and oxygen atoms in total. The van der Waals surface area contributed by atoms with Crippen LogP contribution in [-0.4, -0.2) is 7.05 Å². The monoisotopic (exact) mass is 284 g/mol. The molecule has 0 bridgehead atoms. The Morgan fingerprint density at radius 3 is 2.30 bits per heavy atom. The number of halogens is 4. The number of nitrogens with two attached hydrogens (primary N) is 1. The largest absolute Gasteiger partial charge is 0.418 e. The van der Waals surface area contributed by atoms with Crippen molar-refractivity contribution in [3.8, 4) is 0 Å². The molecule has 20 heavy (non-hydrogen) atoms. The van der Waals surface area contributed by atoms with Crippen LogP contribution in [0.15, 0.2) is 42.5 Å². The molecule has 0 radical (unpaired) electrons. The van der Waals surface area contributed by atoms with Crippen LogP contribution in [0.3, 0.4) is 0 Å². The number of para-hydroxylation sites is 1. The first-order valence-electron chi connectivity index (χ1n) is 5.75. The summed E-state index contributed by atoms with van der Waals surface area (Å²) >= 11 is 0. The van der Waals surface area contributed by atoms with Gasteiger partial charge in [0.2, 0.25) is 0 Å². The van der Waals surface area contributed by atoms with Gasteiger partial charge in [-0.15, -0.1) is 0 Å². The standard InChI is InChI=1S/C14H12F4N2/c1-20(13-5-3-2-4-11(13)15)9-6-7-12(19)10(8-9)14(16,17)18/h2-8H,19H2,1H3. The lowest BCUT2D eigenvalue weighted by atomic mass is 10.1. The molecule has 2 aromatic carbocycles. The normalized spacial score (nSPS) is 11.4. The van der Waals surface area contributed by atoms with E-state index in [1.165, 1.54) is 36.2 Å². The predicted octanol–water partition coefficient (Wildman–Crippen LogP) is 4.19. The summed E-state index contributed by atoms with van der Waals surface area (Å²) < 4.78 is 52.1. The van der Waals surface area contributed by atoms with E-state index in [-0.39, 0.29) is 17.1 Å². The zero-order valence-corrected chi connectivity index (χ0v) is 10.6. The van der Waals surface area contributed by atoms with Crippen molar-refractivity contribution in [2.24, 2.45) is 0 Å². The molecule has 0 aromatic heterocycles. The molecule has 106 valence electrons. The summed E-state index contributed by atoms with van der Waals surface area (Å²) in [6, 6.07) is 9.33. The lowest BCUT2D eigenvalue weighted by molar-refractivity contribution is -0.136. The number of hydrogen-bond donors (Lipinski definition) is 1. The zero-order chi connectivity index (χ0) is 14.9. The fourth-order valence-electron chi connectivity index (χ4n) is 1.86. The Morgan fingerprint density at radius 1 is 1.05 bits per heavy atom. The minimum Gasteiger partial charge on any atom is -0.398 e. The molecular formula is C14H12F4N2. The molecule has 0 saturated carbocycles. The van der Waals surface area contributed by atoms with E-state index >= 15 is 0 Å². The molecule has 0 aliphatic rings. The Morgan fingerprint density at radius 2 is 1.70 bits per heavy atom. The van der Waals surface area contributed by atoms with Gasteiger partial charge in [0, 0.05) is 18.4 Å². The first kappa shape index (κ1) is 14.2. The number of alkyl halides is 3. The van der Waals surface area contributed by atoms with Crippen molar-refractivity contribution < 1.29 is 17.6 Å². The van der Waals surface area contributed by atoms with Gasteiger partial charge in [0.05, 0.1) is 11.3 Å². The van der Waals surface area contributed by atoms with Crippen LogP contribution in [-0.2, 0) is 6.18 Å². The summed E-state index contributed by atoms with van der Waals surface area (Å²) in [5.41, 5.74) is 4.43. The van der Waals surface area contributed by atoms with E-state index in [0.29, 0.717) is 0 Å². The molecule has 0 aliphatic carbocycles. The van der Waals surface area contributed by atoms with Crippen molar-refractivity contribution in [3.63, 3.8) is 0 Å². The Bertz CT molecular complexity index is 623. The molecular weight excluding hydrogens is 272 g/mol. The van der Waals surface area contributed by atoms with Gasteiger partial charge < -0.3 is 10.6 Å². The summed E-state index contributed by atoms with van der Waals surface area (Å²) in [6.45, 7) is 0. The minimum absolute atomic E-state index is 0.186. The molecule has 0 aliphatic heterocycles. The highest BCUT2D eigenvalue weighted by Gasteiger charge is 2.33. The number of anilines is 3. The zero-order valence-electron chi connectivity index (χ0n) is 10.6. The second kappa shape index (κ2) is 5.03. The first-order chi connectivity index (χ1) is 9.30. The third kappa shape index (κ3) is 2.68. The van der Waals surface area contributed by atoms with Gasteiger partial charge in [-0.25, -0.2) is 4.39 Å². The molecule has 6 heteroatoms. The van der Waals surface area contributed by atoms with Gasteiger partial charge in [0.15, 0.2) is 0 Å². The van der Waals surface area contributed by atoms with E-state index in [1.807, 2.05) is 0 Å². The molecule has 0 spiro atoms. The summed E-state index contributed by atoms with van der Waals surface area (Å²) in [7, 11) is 1.49. The Labute approximate surface area is 113 Å². The maximum atomic E-state index is 13.7. The quantitative estimate of drug-likeness (QED) is 0.661. The second-order valence-electron chi connectivity index (χ2n) is 4.28. The molecule has 0 unspecified atom stereocenters. The summed E-state index contributed by atoms with van der Waals surface area (Å²) in [5, 5.41) is 0.